The molecule has 228 valence electrons. The van der Waals surface area contributed by atoms with E-state index in [0.717, 1.165) is 24.3 Å². The first-order chi connectivity index (χ1) is 19.4. The maximum Gasteiger partial charge on any atom is 0.430 e. The highest BCUT2D eigenvalue weighted by Crippen LogP contribution is 2.54. The fraction of sp³-hybridized carbons (Fsp3) is 0.333. The van der Waals surface area contributed by atoms with Crippen molar-refractivity contribution in [2.75, 3.05) is 0 Å². The molecule has 0 spiro atoms. The predicted molar refractivity (Wildman–Crippen MR) is 128 cm³/mol. The topological polar surface area (TPSA) is 83.8 Å². The third-order valence-corrected chi connectivity index (χ3v) is 9.72. The van der Waals surface area contributed by atoms with E-state index in [1.807, 2.05) is 0 Å². The van der Waals surface area contributed by atoms with E-state index in [9.17, 15) is 58.1 Å². The van der Waals surface area contributed by atoms with Crippen LogP contribution in [-0.4, -0.2) is 43.2 Å². The quantitative estimate of drug-likeness (QED) is 0.255. The summed E-state index contributed by atoms with van der Waals surface area (Å²) in [6, 6.07) is 6.80. The molecule has 1 aliphatic carbocycles. The number of halogens is 9. The molecular formula is C27H21F9O5S. The lowest BCUT2D eigenvalue weighted by molar-refractivity contribution is -0.392. The molecule has 2 N–H and O–H groups in total. The van der Waals surface area contributed by atoms with E-state index in [-0.39, 0.29) is 5.56 Å². The Labute approximate surface area is 233 Å². The average Bonchev–Trinajstić information content (AvgIpc) is 3.21. The van der Waals surface area contributed by atoms with Crippen molar-refractivity contribution in [1.82, 2.24) is 0 Å². The van der Waals surface area contributed by atoms with Gasteiger partial charge >= 0.3 is 12.4 Å². The van der Waals surface area contributed by atoms with Crippen LogP contribution in [0.25, 0.3) is 0 Å². The SMILES string of the molecule is O=S(=O)(c1ccc(F)cc1)[C@]1(c2ccc(C(OCc3cc(F)ccc3F)(C(F)(F)F)C(F)(F)F)cc2)C[C@@H](O)[C@@H](O)C1. The lowest BCUT2D eigenvalue weighted by Gasteiger charge is -2.38. The zero-order chi connectivity index (χ0) is 31.3. The molecule has 0 bridgehead atoms. The molecule has 1 fully saturated rings. The number of benzene rings is 3. The molecule has 0 aliphatic heterocycles. The summed E-state index contributed by atoms with van der Waals surface area (Å²) in [6.07, 6.45) is -17.0. The van der Waals surface area contributed by atoms with Crippen LogP contribution in [0.1, 0.15) is 29.5 Å². The van der Waals surface area contributed by atoms with Crippen LogP contribution >= 0.6 is 0 Å². The molecule has 0 radical (unpaired) electrons. The second-order valence-electron chi connectivity index (χ2n) is 9.77. The Balaban J connectivity index is 1.84. The Hall–Kier alpha value is -3.14. The van der Waals surface area contributed by atoms with E-state index in [2.05, 4.69) is 4.74 Å². The van der Waals surface area contributed by atoms with Crippen LogP contribution in [-0.2, 0) is 31.5 Å². The maximum atomic E-state index is 14.3. The van der Waals surface area contributed by atoms with Gasteiger partial charge in [-0.05, 0) is 60.9 Å². The molecule has 3 atom stereocenters. The Morgan fingerprint density at radius 2 is 1.26 bits per heavy atom. The second-order valence-corrected chi connectivity index (χ2v) is 12.0. The van der Waals surface area contributed by atoms with Gasteiger partial charge in [0.1, 0.15) is 22.2 Å². The maximum absolute atomic E-state index is 14.3. The molecule has 0 heterocycles. The van der Waals surface area contributed by atoms with Crippen molar-refractivity contribution >= 4 is 9.84 Å². The Morgan fingerprint density at radius 1 is 0.762 bits per heavy atom. The summed E-state index contributed by atoms with van der Waals surface area (Å²) in [7, 11) is -4.64. The summed E-state index contributed by atoms with van der Waals surface area (Å²) in [5.74, 6) is -3.26. The first-order valence-electron chi connectivity index (χ1n) is 12.0. The number of aliphatic hydroxyl groups is 2. The fourth-order valence-corrected chi connectivity index (χ4v) is 7.24. The standard InChI is InChI=1S/C27H21F9O5S/c28-18-5-8-20(9-6-18)42(39,40)24(12-22(37)23(38)13-24)16-1-3-17(4-2-16)25(26(31,32)33,27(34,35)36)41-14-15-11-19(29)7-10-21(15)30/h1-11,22-23,37-38H,12-14H2/t22-,23+,24-. The van der Waals surface area contributed by atoms with Crippen molar-refractivity contribution in [2.24, 2.45) is 0 Å². The van der Waals surface area contributed by atoms with Crippen molar-refractivity contribution in [2.45, 2.75) is 59.3 Å². The van der Waals surface area contributed by atoms with Crippen LogP contribution in [0.5, 0.6) is 0 Å². The van der Waals surface area contributed by atoms with E-state index in [1.165, 1.54) is 0 Å². The van der Waals surface area contributed by atoms with Crippen LogP contribution in [0, 0.1) is 17.5 Å². The van der Waals surface area contributed by atoms with Crippen LogP contribution in [0.3, 0.4) is 0 Å². The minimum Gasteiger partial charge on any atom is -0.390 e. The van der Waals surface area contributed by atoms with Gasteiger partial charge in [-0.3, -0.25) is 0 Å². The monoisotopic (exact) mass is 628 g/mol. The summed E-state index contributed by atoms with van der Waals surface area (Å²) in [4.78, 5) is -0.477. The lowest BCUT2D eigenvalue weighted by atomic mass is 9.88. The Bertz CT molecular complexity index is 1510. The molecule has 4 rings (SSSR count). The molecule has 5 nitrogen and oxygen atoms in total. The van der Waals surface area contributed by atoms with Crippen molar-refractivity contribution < 1.29 is 62.9 Å². The van der Waals surface area contributed by atoms with Crippen molar-refractivity contribution in [1.29, 1.82) is 0 Å². The lowest BCUT2D eigenvalue weighted by Crippen LogP contribution is -2.55. The summed E-state index contributed by atoms with van der Waals surface area (Å²) in [5, 5.41) is 20.4. The normalized spacial score (nSPS) is 22.0. The van der Waals surface area contributed by atoms with E-state index >= 15 is 0 Å². The first kappa shape index (κ1) is 31.8. The first-order valence-corrected chi connectivity index (χ1v) is 13.5. The van der Waals surface area contributed by atoms with Gasteiger partial charge in [0.15, 0.2) is 9.84 Å². The average molecular weight is 629 g/mol. The summed E-state index contributed by atoms with van der Waals surface area (Å²) < 4.78 is 156. The zero-order valence-corrected chi connectivity index (χ0v) is 21.9. The van der Waals surface area contributed by atoms with Crippen LogP contribution in [0.15, 0.2) is 71.6 Å². The molecular weight excluding hydrogens is 607 g/mol. The summed E-state index contributed by atoms with van der Waals surface area (Å²) in [6.45, 7) is -1.65. The highest BCUT2D eigenvalue weighted by Gasteiger charge is 2.73. The van der Waals surface area contributed by atoms with Crippen molar-refractivity contribution in [3.63, 3.8) is 0 Å². The van der Waals surface area contributed by atoms with Gasteiger partial charge in [-0.15, -0.1) is 0 Å². The molecule has 15 heteroatoms. The Kier molecular flexibility index (Phi) is 8.21. The number of aliphatic hydroxyl groups excluding tert-OH is 2. The van der Waals surface area contributed by atoms with E-state index in [0.29, 0.717) is 42.5 Å². The number of rotatable bonds is 7. The fourth-order valence-electron chi connectivity index (χ4n) is 5.06. The van der Waals surface area contributed by atoms with Gasteiger partial charge in [0.05, 0.1) is 23.7 Å². The highest BCUT2D eigenvalue weighted by molar-refractivity contribution is 7.92. The predicted octanol–water partition coefficient (Wildman–Crippen LogP) is 5.83. The molecule has 3 aromatic rings. The minimum atomic E-state index is -6.20. The van der Waals surface area contributed by atoms with Crippen LogP contribution in [0.2, 0.25) is 0 Å². The van der Waals surface area contributed by atoms with Crippen LogP contribution in [0.4, 0.5) is 39.5 Å². The van der Waals surface area contributed by atoms with Crippen LogP contribution < -0.4 is 0 Å². The van der Waals surface area contributed by atoms with Gasteiger partial charge in [0, 0.05) is 11.1 Å². The zero-order valence-electron chi connectivity index (χ0n) is 21.1. The van der Waals surface area contributed by atoms with E-state index < -0.39 is 97.7 Å². The number of ether oxygens (including phenoxy) is 1. The van der Waals surface area contributed by atoms with Gasteiger partial charge in [0.2, 0.25) is 0 Å². The Morgan fingerprint density at radius 3 is 1.76 bits per heavy atom. The third kappa shape index (κ3) is 5.27. The molecule has 42 heavy (non-hydrogen) atoms. The number of hydrogen-bond acceptors (Lipinski definition) is 5. The van der Waals surface area contributed by atoms with Crippen molar-refractivity contribution in [3.05, 3.63) is 101 Å². The highest BCUT2D eigenvalue weighted by atomic mass is 32.2. The molecule has 1 saturated carbocycles. The van der Waals surface area contributed by atoms with Gasteiger partial charge in [0.25, 0.3) is 5.60 Å². The molecule has 0 amide bonds. The largest absolute Gasteiger partial charge is 0.430 e. The summed E-state index contributed by atoms with van der Waals surface area (Å²) in [5.41, 5.74) is -7.92. The molecule has 0 aromatic heterocycles. The minimum absolute atomic E-state index is 0.317. The molecule has 3 aromatic carbocycles. The van der Waals surface area contributed by atoms with E-state index in [1.54, 1.807) is 0 Å². The summed E-state index contributed by atoms with van der Waals surface area (Å²) >= 11 is 0. The van der Waals surface area contributed by atoms with Gasteiger partial charge in [-0.25, -0.2) is 21.6 Å². The van der Waals surface area contributed by atoms with Gasteiger partial charge < -0.3 is 14.9 Å². The second kappa shape index (κ2) is 10.8. The number of alkyl halides is 6. The van der Waals surface area contributed by atoms with E-state index in [4.69, 9.17) is 0 Å². The van der Waals surface area contributed by atoms with Gasteiger partial charge in [-0.1, -0.05) is 24.3 Å². The number of sulfone groups is 1. The third-order valence-electron chi connectivity index (χ3n) is 7.23. The smallest absolute Gasteiger partial charge is 0.390 e. The molecule has 0 saturated heterocycles. The molecule has 1 aliphatic rings. The number of hydrogen-bond donors (Lipinski definition) is 2. The molecule has 0 unspecified atom stereocenters. The van der Waals surface area contributed by atoms with Gasteiger partial charge in [-0.2, -0.15) is 26.3 Å². The van der Waals surface area contributed by atoms with Crippen molar-refractivity contribution in [3.8, 4) is 0 Å².